The molecule has 158 valence electrons. The molecule has 1 aliphatic heterocycles. The predicted molar refractivity (Wildman–Crippen MR) is 114 cm³/mol. The Morgan fingerprint density at radius 2 is 1.70 bits per heavy atom. The minimum Gasteiger partial charge on any atom is -0.349 e. The summed E-state index contributed by atoms with van der Waals surface area (Å²) in [5.41, 5.74) is 3.81. The lowest BCUT2D eigenvalue weighted by Crippen LogP contribution is -2.35. The molecule has 4 rings (SSSR count). The number of halogens is 4. The molecule has 0 fully saturated rings. The number of anilines is 3. The smallest absolute Gasteiger partial charge is 0.229 e. The van der Waals surface area contributed by atoms with E-state index in [1.807, 2.05) is 26.8 Å². The van der Waals surface area contributed by atoms with Gasteiger partial charge in [-0.2, -0.15) is 4.98 Å². The molecule has 0 saturated heterocycles. The van der Waals surface area contributed by atoms with Crippen molar-refractivity contribution in [1.29, 1.82) is 0 Å². The van der Waals surface area contributed by atoms with Crippen molar-refractivity contribution in [2.75, 3.05) is 16.8 Å². The van der Waals surface area contributed by atoms with E-state index in [-0.39, 0.29) is 35.9 Å². The van der Waals surface area contributed by atoms with E-state index in [9.17, 15) is 13.2 Å². The monoisotopic (exact) mass is 434 g/mol. The summed E-state index contributed by atoms with van der Waals surface area (Å²) in [5.74, 6) is -0.690. The molecule has 1 unspecified atom stereocenters. The van der Waals surface area contributed by atoms with Gasteiger partial charge in [0.25, 0.3) is 0 Å². The highest BCUT2D eigenvalue weighted by molar-refractivity contribution is 5.85. The van der Waals surface area contributed by atoms with Crippen LogP contribution in [0.2, 0.25) is 0 Å². The molecule has 0 spiro atoms. The highest BCUT2D eigenvalue weighted by atomic mass is 35.5. The molecule has 2 heterocycles. The van der Waals surface area contributed by atoms with Crippen LogP contribution in [0.4, 0.5) is 30.6 Å². The number of aromatic nitrogens is 2. The van der Waals surface area contributed by atoms with Crippen LogP contribution in [0.15, 0.2) is 36.4 Å². The second kappa shape index (κ2) is 8.52. The molecule has 30 heavy (non-hydrogen) atoms. The van der Waals surface area contributed by atoms with Crippen molar-refractivity contribution in [3.05, 3.63) is 76.2 Å². The molecular formula is C22H22ClF3N4. The minimum absolute atomic E-state index is 0. The second-order valence-electron chi connectivity index (χ2n) is 7.29. The molecule has 3 aromatic rings. The number of benzene rings is 2. The molecule has 1 aliphatic rings. The second-order valence-corrected chi connectivity index (χ2v) is 7.29. The Morgan fingerprint density at radius 1 is 1.00 bits per heavy atom. The van der Waals surface area contributed by atoms with Crippen LogP contribution < -0.4 is 10.2 Å². The van der Waals surface area contributed by atoms with Crippen molar-refractivity contribution >= 4 is 29.9 Å². The van der Waals surface area contributed by atoms with E-state index in [4.69, 9.17) is 0 Å². The molecule has 0 saturated carbocycles. The molecule has 1 N–H and O–H groups in total. The Bertz CT molecular complexity index is 1090. The zero-order chi connectivity index (χ0) is 20.7. The van der Waals surface area contributed by atoms with Crippen LogP contribution >= 0.6 is 12.4 Å². The quantitative estimate of drug-likeness (QED) is 0.565. The van der Waals surface area contributed by atoms with Gasteiger partial charge in [-0.15, -0.1) is 12.4 Å². The fourth-order valence-electron chi connectivity index (χ4n) is 3.73. The molecule has 0 amide bonds. The van der Waals surface area contributed by atoms with Gasteiger partial charge in [-0.25, -0.2) is 18.2 Å². The maximum Gasteiger partial charge on any atom is 0.229 e. The Morgan fingerprint density at radius 3 is 2.43 bits per heavy atom. The summed E-state index contributed by atoms with van der Waals surface area (Å²) < 4.78 is 41.0. The third-order valence-corrected chi connectivity index (χ3v) is 5.46. The van der Waals surface area contributed by atoms with Crippen LogP contribution in [0.25, 0.3) is 0 Å². The molecule has 4 nitrogen and oxygen atoms in total. The Balaban J connectivity index is 0.00000256. The Kier molecular flexibility index (Phi) is 6.22. The number of aryl methyl sites for hydroxylation is 1. The fraction of sp³-hybridized carbons (Fsp3) is 0.273. The maximum absolute atomic E-state index is 14.0. The molecule has 0 aliphatic carbocycles. The molecule has 8 heteroatoms. The highest BCUT2D eigenvalue weighted by Crippen LogP contribution is 2.35. The first-order valence-electron chi connectivity index (χ1n) is 9.46. The van der Waals surface area contributed by atoms with E-state index in [1.54, 1.807) is 6.07 Å². The van der Waals surface area contributed by atoms with E-state index in [1.165, 1.54) is 18.2 Å². The van der Waals surface area contributed by atoms with Gasteiger partial charge in [0.05, 0.1) is 11.7 Å². The van der Waals surface area contributed by atoms with Gasteiger partial charge in [-0.1, -0.05) is 6.07 Å². The van der Waals surface area contributed by atoms with Gasteiger partial charge in [0.1, 0.15) is 23.3 Å². The van der Waals surface area contributed by atoms with Crippen LogP contribution in [0.3, 0.4) is 0 Å². The molecule has 1 atom stereocenters. The van der Waals surface area contributed by atoms with E-state index < -0.39 is 11.6 Å². The summed E-state index contributed by atoms with van der Waals surface area (Å²) in [6, 6.07) is 8.11. The first-order valence-corrected chi connectivity index (χ1v) is 9.46. The van der Waals surface area contributed by atoms with E-state index in [0.29, 0.717) is 5.82 Å². The normalized spacial score (nSPS) is 15.4. The largest absolute Gasteiger partial charge is 0.349 e. The lowest BCUT2D eigenvalue weighted by atomic mass is 9.93. The zero-order valence-corrected chi connectivity index (χ0v) is 17.7. The topological polar surface area (TPSA) is 41.1 Å². The summed E-state index contributed by atoms with van der Waals surface area (Å²) in [5, 5.41) is 2.84. The average Bonchev–Trinajstić information content (AvgIpc) is 2.68. The SMILES string of the molecule is Cc1nc(Nc2ccc(F)cc2F)nc(N2CCc3ccc(F)cc3C2C)c1C.Cl. The zero-order valence-electron chi connectivity index (χ0n) is 16.8. The van der Waals surface area contributed by atoms with Gasteiger partial charge in [0, 0.05) is 23.9 Å². The van der Waals surface area contributed by atoms with Crippen LogP contribution in [0.5, 0.6) is 0 Å². The van der Waals surface area contributed by atoms with Crippen molar-refractivity contribution < 1.29 is 13.2 Å². The molecule has 1 aromatic heterocycles. The van der Waals surface area contributed by atoms with Gasteiger partial charge in [0.15, 0.2) is 0 Å². The predicted octanol–water partition coefficient (Wildman–Crippen LogP) is 5.80. The third kappa shape index (κ3) is 4.07. The van der Waals surface area contributed by atoms with Gasteiger partial charge >= 0.3 is 0 Å². The van der Waals surface area contributed by atoms with Crippen molar-refractivity contribution in [2.24, 2.45) is 0 Å². The maximum atomic E-state index is 14.0. The van der Waals surface area contributed by atoms with Crippen molar-refractivity contribution in [3.63, 3.8) is 0 Å². The molecule has 0 radical (unpaired) electrons. The first kappa shape index (κ1) is 21.9. The number of nitrogens with one attached hydrogen (secondary N) is 1. The number of hydrogen-bond donors (Lipinski definition) is 1. The highest BCUT2D eigenvalue weighted by Gasteiger charge is 2.27. The lowest BCUT2D eigenvalue weighted by Gasteiger charge is -2.37. The summed E-state index contributed by atoms with van der Waals surface area (Å²) in [4.78, 5) is 11.1. The Hall–Kier alpha value is -2.80. The van der Waals surface area contributed by atoms with Gasteiger partial charge < -0.3 is 10.2 Å². The number of nitrogens with zero attached hydrogens (tertiary/aromatic N) is 3. The van der Waals surface area contributed by atoms with Gasteiger partial charge in [0.2, 0.25) is 5.95 Å². The van der Waals surface area contributed by atoms with Crippen LogP contribution in [-0.4, -0.2) is 16.5 Å². The number of hydrogen-bond acceptors (Lipinski definition) is 4. The fourth-order valence-corrected chi connectivity index (χ4v) is 3.73. The van der Waals surface area contributed by atoms with Gasteiger partial charge in [-0.3, -0.25) is 0 Å². The summed E-state index contributed by atoms with van der Waals surface area (Å²) in [7, 11) is 0. The first-order chi connectivity index (χ1) is 13.8. The summed E-state index contributed by atoms with van der Waals surface area (Å²) in [6.45, 7) is 6.53. The van der Waals surface area contributed by atoms with Crippen molar-refractivity contribution in [2.45, 2.75) is 33.2 Å². The standard InChI is InChI=1S/C22H21F3N4.ClH/c1-12-13(2)26-22(27-20-7-6-17(24)11-19(20)25)28-21(12)29-9-8-15-4-5-16(23)10-18(15)14(29)3;/h4-7,10-11,14H,8-9H2,1-3H3,(H,26,27,28);1H. The molecular weight excluding hydrogens is 413 g/mol. The number of fused-ring (bicyclic) bond motifs is 1. The van der Waals surface area contributed by atoms with Crippen LogP contribution in [0, 0.1) is 31.3 Å². The van der Waals surface area contributed by atoms with Crippen molar-refractivity contribution in [1.82, 2.24) is 9.97 Å². The summed E-state index contributed by atoms with van der Waals surface area (Å²) >= 11 is 0. The van der Waals surface area contributed by atoms with Crippen molar-refractivity contribution in [3.8, 4) is 0 Å². The van der Waals surface area contributed by atoms with Crippen LogP contribution in [-0.2, 0) is 6.42 Å². The lowest BCUT2D eigenvalue weighted by molar-refractivity contribution is 0.585. The Labute approximate surface area is 179 Å². The number of rotatable bonds is 3. The molecule has 0 bridgehead atoms. The van der Waals surface area contributed by atoms with Crippen LogP contribution in [0.1, 0.15) is 35.3 Å². The molecule has 2 aromatic carbocycles. The third-order valence-electron chi connectivity index (χ3n) is 5.46. The average molecular weight is 435 g/mol. The van der Waals surface area contributed by atoms with E-state index >= 15 is 0 Å². The summed E-state index contributed by atoms with van der Waals surface area (Å²) in [6.07, 6.45) is 0.776. The minimum atomic E-state index is -0.718. The van der Waals surface area contributed by atoms with E-state index in [2.05, 4.69) is 20.2 Å². The van der Waals surface area contributed by atoms with Gasteiger partial charge in [-0.05, 0) is 62.6 Å². The van der Waals surface area contributed by atoms with E-state index in [0.717, 1.165) is 41.4 Å².